The molecule has 4 nitrogen and oxygen atoms in total. The van der Waals surface area contributed by atoms with Crippen molar-refractivity contribution in [2.24, 2.45) is 5.41 Å². The van der Waals surface area contributed by atoms with Crippen LogP contribution in [0.5, 0.6) is 0 Å². The summed E-state index contributed by atoms with van der Waals surface area (Å²) < 4.78 is 0. The van der Waals surface area contributed by atoms with E-state index in [1.165, 1.54) is 38.5 Å². The zero-order valence-corrected chi connectivity index (χ0v) is 10.5. The molecular formula is C13H23N3O. The summed E-state index contributed by atoms with van der Waals surface area (Å²) >= 11 is 0. The summed E-state index contributed by atoms with van der Waals surface area (Å²) in [5.74, 6) is 0. The average molecular weight is 237 g/mol. The largest absolute Gasteiger partial charge is 0.335 e. The lowest BCUT2D eigenvalue weighted by Gasteiger charge is -2.24. The SMILES string of the molecule is O=C(NC1CCCC1)N1CCC2(CCNC2)C1. The molecule has 0 aromatic carbocycles. The third kappa shape index (κ3) is 2.28. The Labute approximate surface area is 103 Å². The number of hydrogen-bond acceptors (Lipinski definition) is 2. The fraction of sp³-hybridized carbons (Fsp3) is 0.923. The second kappa shape index (κ2) is 4.48. The first kappa shape index (κ1) is 11.3. The highest BCUT2D eigenvalue weighted by Gasteiger charge is 2.42. The van der Waals surface area contributed by atoms with Crippen molar-refractivity contribution in [3.05, 3.63) is 0 Å². The molecule has 1 saturated carbocycles. The van der Waals surface area contributed by atoms with Gasteiger partial charge in [-0.1, -0.05) is 12.8 Å². The molecule has 3 aliphatic rings. The molecule has 96 valence electrons. The topological polar surface area (TPSA) is 44.4 Å². The van der Waals surface area contributed by atoms with E-state index < -0.39 is 0 Å². The standard InChI is InChI=1S/C13H23N3O/c17-12(15-11-3-1-2-4-11)16-8-6-13(10-16)5-7-14-9-13/h11,14H,1-10H2,(H,15,17). The Bertz CT molecular complexity index is 293. The Morgan fingerprint density at radius 3 is 2.82 bits per heavy atom. The second-order valence-corrected chi connectivity index (χ2v) is 6.03. The van der Waals surface area contributed by atoms with E-state index in [-0.39, 0.29) is 6.03 Å². The van der Waals surface area contributed by atoms with E-state index in [2.05, 4.69) is 10.6 Å². The minimum atomic E-state index is 0.181. The molecule has 1 aliphatic carbocycles. The second-order valence-electron chi connectivity index (χ2n) is 6.03. The minimum absolute atomic E-state index is 0.181. The number of amides is 2. The molecule has 0 aromatic heterocycles. The van der Waals surface area contributed by atoms with Gasteiger partial charge in [0.15, 0.2) is 0 Å². The van der Waals surface area contributed by atoms with E-state index in [1.807, 2.05) is 4.90 Å². The molecule has 0 radical (unpaired) electrons. The van der Waals surface area contributed by atoms with Crippen LogP contribution < -0.4 is 10.6 Å². The van der Waals surface area contributed by atoms with Gasteiger partial charge in [0, 0.05) is 31.1 Å². The van der Waals surface area contributed by atoms with E-state index in [1.54, 1.807) is 0 Å². The Morgan fingerprint density at radius 1 is 1.29 bits per heavy atom. The lowest BCUT2D eigenvalue weighted by Crippen LogP contribution is -2.44. The number of carbonyl (C=O) groups is 1. The third-order valence-corrected chi connectivity index (χ3v) is 4.74. The average Bonchev–Trinajstić information content (AvgIpc) is 3.03. The molecule has 2 saturated heterocycles. The lowest BCUT2D eigenvalue weighted by molar-refractivity contribution is 0.197. The maximum absolute atomic E-state index is 12.1. The van der Waals surface area contributed by atoms with Crippen molar-refractivity contribution in [1.29, 1.82) is 0 Å². The fourth-order valence-electron chi connectivity index (χ4n) is 3.59. The number of rotatable bonds is 1. The predicted molar refractivity (Wildman–Crippen MR) is 66.9 cm³/mol. The van der Waals surface area contributed by atoms with Gasteiger partial charge in [-0.05, 0) is 32.2 Å². The molecule has 1 atom stereocenters. The van der Waals surface area contributed by atoms with Crippen molar-refractivity contribution in [2.75, 3.05) is 26.2 Å². The predicted octanol–water partition coefficient (Wildman–Crippen LogP) is 1.32. The zero-order chi connectivity index (χ0) is 11.7. The normalized spacial score (nSPS) is 33.8. The highest BCUT2D eigenvalue weighted by atomic mass is 16.2. The molecular weight excluding hydrogens is 214 g/mol. The number of hydrogen-bond donors (Lipinski definition) is 2. The molecule has 2 heterocycles. The molecule has 0 aromatic rings. The summed E-state index contributed by atoms with van der Waals surface area (Å²) in [7, 11) is 0. The van der Waals surface area contributed by atoms with Crippen LogP contribution in [0.15, 0.2) is 0 Å². The minimum Gasteiger partial charge on any atom is -0.335 e. The van der Waals surface area contributed by atoms with Crippen LogP contribution in [-0.2, 0) is 0 Å². The van der Waals surface area contributed by atoms with E-state index >= 15 is 0 Å². The molecule has 1 unspecified atom stereocenters. The maximum atomic E-state index is 12.1. The van der Waals surface area contributed by atoms with Crippen molar-refractivity contribution in [3.8, 4) is 0 Å². The Balaban J connectivity index is 1.53. The van der Waals surface area contributed by atoms with Gasteiger partial charge < -0.3 is 15.5 Å². The summed E-state index contributed by atoms with van der Waals surface area (Å²) in [4.78, 5) is 14.2. The molecule has 2 N–H and O–H groups in total. The van der Waals surface area contributed by atoms with E-state index in [4.69, 9.17) is 0 Å². The van der Waals surface area contributed by atoms with Crippen LogP contribution in [0.1, 0.15) is 38.5 Å². The van der Waals surface area contributed by atoms with E-state index in [0.29, 0.717) is 11.5 Å². The van der Waals surface area contributed by atoms with Gasteiger partial charge in [0.2, 0.25) is 0 Å². The van der Waals surface area contributed by atoms with Gasteiger partial charge in [-0.15, -0.1) is 0 Å². The third-order valence-electron chi connectivity index (χ3n) is 4.74. The van der Waals surface area contributed by atoms with Gasteiger partial charge >= 0.3 is 6.03 Å². The smallest absolute Gasteiger partial charge is 0.317 e. The first-order valence-electron chi connectivity index (χ1n) is 7.04. The number of urea groups is 1. The Hall–Kier alpha value is -0.770. The highest BCUT2D eigenvalue weighted by molar-refractivity contribution is 5.75. The zero-order valence-electron chi connectivity index (χ0n) is 10.5. The van der Waals surface area contributed by atoms with Gasteiger partial charge in [-0.2, -0.15) is 0 Å². The lowest BCUT2D eigenvalue weighted by atomic mass is 9.87. The van der Waals surface area contributed by atoms with Crippen molar-refractivity contribution in [2.45, 2.75) is 44.6 Å². The van der Waals surface area contributed by atoms with Crippen LogP contribution >= 0.6 is 0 Å². The van der Waals surface area contributed by atoms with Crippen LogP contribution in [0.4, 0.5) is 4.79 Å². The summed E-state index contributed by atoms with van der Waals surface area (Å²) in [5, 5.41) is 6.62. The van der Waals surface area contributed by atoms with E-state index in [0.717, 1.165) is 26.2 Å². The molecule has 1 spiro atoms. The quantitative estimate of drug-likeness (QED) is 0.722. The van der Waals surface area contributed by atoms with Crippen LogP contribution in [0.2, 0.25) is 0 Å². The highest BCUT2D eigenvalue weighted by Crippen LogP contribution is 2.36. The first-order chi connectivity index (χ1) is 8.27. The van der Waals surface area contributed by atoms with Gasteiger partial charge in [-0.3, -0.25) is 0 Å². The van der Waals surface area contributed by atoms with Gasteiger partial charge in [0.05, 0.1) is 0 Å². The van der Waals surface area contributed by atoms with Crippen LogP contribution in [-0.4, -0.2) is 43.2 Å². The van der Waals surface area contributed by atoms with Crippen LogP contribution in [0.25, 0.3) is 0 Å². The van der Waals surface area contributed by atoms with E-state index in [9.17, 15) is 4.79 Å². The Kier molecular flexibility index (Phi) is 2.99. The molecule has 2 amide bonds. The maximum Gasteiger partial charge on any atom is 0.317 e. The molecule has 17 heavy (non-hydrogen) atoms. The molecule has 3 rings (SSSR count). The van der Waals surface area contributed by atoms with Crippen LogP contribution in [0.3, 0.4) is 0 Å². The van der Waals surface area contributed by atoms with Crippen molar-refractivity contribution in [1.82, 2.24) is 15.5 Å². The first-order valence-corrected chi connectivity index (χ1v) is 7.04. The monoisotopic (exact) mass is 237 g/mol. The molecule has 0 bridgehead atoms. The summed E-state index contributed by atoms with van der Waals surface area (Å²) in [6.45, 7) is 4.12. The number of carbonyl (C=O) groups excluding carboxylic acids is 1. The Morgan fingerprint density at radius 2 is 2.12 bits per heavy atom. The number of nitrogens with one attached hydrogen (secondary N) is 2. The summed E-state index contributed by atoms with van der Waals surface area (Å²) in [6.07, 6.45) is 7.31. The van der Waals surface area contributed by atoms with Crippen molar-refractivity contribution < 1.29 is 4.79 Å². The molecule has 2 aliphatic heterocycles. The van der Waals surface area contributed by atoms with Gasteiger partial charge in [0.1, 0.15) is 0 Å². The van der Waals surface area contributed by atoms with Gasteiger partial charge in [-0.25, -0.2) is 4.79 Å². The summed E-state index contributed by atoms with van der Waals surface area (Å²) in [5.41, 5.74) is 0.396. The molecule has 3 fully saturated rings. The van der Waals surface area contributed by atoms with Gasteiger partial charge in [0.25, 0.3) is 0 Å². The summed E-state index contributed by atoms with van der Waals surface area (Å²) in [6, 6.07) is 0.626. The van der Waals surface area contributed by atoms with Crippen molar-refractivity contribution >= 4 is 6.03 Å². The fourth-order valence-corrected chi connectivity index (χ4v) is 3.59. The number of likely N-dealkylation sites (tertiary alicyclic amines) is 1. The van der Waals surface area contributed by atoms with Crippen molar-refractivity contribution in [3.63, 3.8) is 0 Å². The van der Waals surface area contributed by atoms with Crippen LogP contribution in [0, 0.1) is 5.41 Å². The molecule has 4 heteroatoms. The number of nitrogens with zero attached hydrogens (tertiary/aromatic N) is 1.